The molecule has 2 N–H and O–H groups in total. The molecular weight excluding hydrogens is 395 g/mol. The van der Waals surface area contributed by atoms with E-state index in [1.165, 1.54) is 30.5 Å². The summed E-state index contributed by atoms with van der Waals surface area (Å²) in [5.41, 5.74) is 0.477. The number of fused-ring (bicyclic) bond motifs is 1. The van der Waals surface area contributed by atoms with Gasteiger partial charge in [0.1, 0.15) is 5.58 Å². The second kappa shape index (κ2) is 6.21. The topological polar surface area (TPSA) is 91.1 Å². The summed E-state index contributed by atoms with van der Waals surface area (Å²) in [6.07, 6.45) is -3.15. The Morgan fingerprint density at radius 2 is 1.71 bits per heavy atom. The molecule has 144 valence electrons. The standard InChI is InChI=1S/C18H12F3N3O3S/c19-18(20,21)17-10-15(11-1-6-16-12(9-11)7-8-27-16)24(23-17)13-2-4-14(5-3-13)28(22,25)26/h1-10H,(H2,22,25,26). The van der Waals surface area contributed by atoms with Crippen LogP contribution >= 0.6 is 0 Å². The zero-order valence-corrected chi connectivity index (χ0v) is 14.8. The van der Waals surface area contributed by atoms with Gasteiger partial charge in [0.05, 0.1) is 22.5 Å². The number of hydrogen-bond donors (Lipinski definition) is 1. The Labute approximate surface area is 157 Å². The molecule has 0 unspecified atom stereocenters. The van der Waals surface area contributed by atoms with E-state index < -0.39 is 21.9 Å². The number of aromatic nitrogens is 2. The summed E-state index contributed by atoms with van der Waals surface area (Å²) in [5.74, 6) is 0. The molecule has 0 aliphatic carbocycles. The fourth-order valence-corrected chi connectivity index (χ4v) is 3.34. The van der Waals surface area contributed by atoms with Crippen LogP contribution in [-0.4, -0.2) is 18.2 Å². The number of halogens is 3. The molecule has 28 heavy (non-hydrogen) atoms. The van der Waals surface area contributed by atoms with Crippen LogP contribution in [0, 0.1) is 0 Å². The van der Waals surface area contributed by atoms with Gasteiger partial charge in [0.25, 0.3) is 0 Å². The minimum atomic E-state index is -4.64. The molecule has 2 aromatic heterocycles. The summed E-state index contributed by atoms with van der Waals surface area (Å²) >= 11 is 0. The highest BCUT2D eigenvalue weighted by atomic mass is 32.2. The Morgan fingerprint density at radius 3 is 2.36 bits per heavy atom. The lowest BCUT2D eigenvalue weighted by molar-refractivity contribution is -0.141. The van der Waals surface area contributed by atoms with Crippen molar-refractivity contribution in [2.24, 2.45) is 5.14 Å². The molecule has 2 aromatic carbocycles. The quantitative estimate of drug-likeness (QED) is 0.557. The van der Waals surface area contributed by atoms with E-state index in [0.717, 1.165) is 16.1 Å². The summed E-state index contributed by atoms with van der Waals surface area (Å²) in [6.45, 7) is 0. The van der Waals surface area contributed by atoms with E-state index in [9.17, 15) is 21.6 Å². The lowest BCUT2D eigenvalue weighted by atomic mass is 10.1. The summed E-state index contributed by atoms with van der Waals surface area (Å²) in [6, 6.07) is 12.7. The average molecular weight is 407 g/mol. The van der Waals surface area contributed by atoms with Gasteiger partial charge in [-0.3, -0.25) is 0 Å². The van der Waals surface area contributed by atoms with Gasteiger partial charge in [-0.1, -0.05) is 0 Å². The number of primary sulfonamides is 1. The van der Waals surface area contributed by atoms with E-state index in [0.29, 0.717) is 11.1 Å². The molecule has 4 aromatic rings. The van der Waals surface area contributed by atoms with E-state index in [-0.39, 0.29) is 16.3 Å². The van der Waals surface area contributed by atoms with Crippen molar-refractivity contribution in [1.82, 2.24) is 9.78 Å². The molecule has 4 rings (SSSR count). The summed E-state index contributed by atoms with van der Waals surface area (Å²) in [4.78, 5) is -0.152. The van der Waals surface area contributed by atoms with E-state index in [1.54, 1.807) is 24.3 Å². The monoisotopic (exact) mass is 407 g/mol. The average Bonchev–Trinajstić information content (AvgIpc) is 3.27. The molecule has 0 saturated carbocycles. The molecule has 10 heteroatoms. The maximum absolute atomic E-state index is 13.2. The SMILES string of the molecule is NS(=O)(=O)c1ccc(-n2nc(C(F)(F)F)cc2-c2ccc3occc3c2)cc1. The molecule has 0 amide bonds. The molecular formula is C18H12F3N3O3S. The van der Waals surface area contributed by atoms with Gasteiger partial charge in [0.15, 0.2) is 5.69 Å². The second-order valence-electron chi connectivity index (χ2n) is 6.04. The van der Waals surface area contributed by atoms with E-state index in [1.807, 2.05) is 0 Å². The number of benzene rings is 2. The van der Waals surface area contributed by atoms with Crippen LogP contribution in [0.2, 0.25) is 0 Å². The Morgan fingerprint density at radius 1 is 1.00 bits per heavy atom. The minimum Gasteiger partial charge on any atom is -0.464 e. The Bertz CT molecular complexity index is 1270. The van der Waals surface area contributed by atoms with Crippen LogP contribution in [0.4, 0.5) is 13.2 Å². The molecule has 0 atom stereocenters. The van der Waals surface area contributed by atoms with Crippen molar-refractivity contribution >= 4 is 21.0 Å². The molecule has 0 bridgehead atoms. The van der Waals surface area contributed by atoms with Gasteiger partial charge < -0.3 is 4.42 Å². The highest BCUT2D eigenvalue weighted by molar-refractivity contribution is 7.89. The molecule has 0 aliphatic rings. The van der Waals surface area contributed by atoms with E-state index in [4.69, 9.17) is 9.56 Å². The minimum absolute atomic E-state index is 0.152. The largest absolute Gasteiger partial charge is 0.464 e. The Kier molecular flexibility index (Phi) is 4.05. The predicted octanol–water partition coefficient (Wildman–Crippen LogP) is 3.95. The first-order valence-electron chi connectivity index (χ1n) is 7.91. The van der Waals surface area contributed by atoms with E-state index in [2.05, 4.69) is 5.10 Å². The molecule has 0 saturated heterocycles. The summed E-state index contributed by atoms with van der Waals surface area (Å²) in [5, 5.41) is 9.46. The number of alkyl halides is 3. The third kappa shape index (κ3) is 3.27. The number of hydrogen-bond acceptors (Lipinski definition) is 4. The van der Waals surface area contributed by atoms with Crippen LogP contribution in [0.25, 0.3) is 27.9 Å². The van der Waals surface area contributed by atoms with Crippen LogP contribution in [0.1, 0.15) is 5.69 Å². The second-order valence-corrected chi connectivity index (χ2v) is 7.60. The number of furan rings is 1. The zero-order chi connectivity index (χ0) is 20.1. The predicted molar refractivity (Wildman–Crippen MR) is 95.1 cm³/mol. The summed E-state index contributed by atoms with van der Waals surface area (Å²) < 4.78 is 68.9. The number of sulfonamides is 1. The zero-order valence-electron chi connectivity index (χ0n) is 14.0. The Hall–Kier alpha value is -3.11. The molecule has 0 fully saturated rings. The summed E-state index contributed by atoms with van der Waals surface area (Å²) in [7, 11) is -3.92. The van der Waals surface area contributed by atoms with Gasteiger partial charge >= 0.3 is 6.18 Å². The first kappa shape index (κ1) is 18.3. The van der Waals surface area contributed by atoms with Crippen molar-refractivity contribution in [1.29, 1.82) is 0 Å². The van der Waals surface area contributed by atoms with Gasteiger partial charge in [-0.25, -0.2) is 18.2 Å². The van der Waals surface area contributed by atoms with Crippen LogP contribution in [0.5, 0.6) is 0 Å². The molecule has 0 aliphatic heterocycles. The fraction of sp³-hybridized carbons (Fsp3) is 0.0556. The van der Waals surface area contributed by atoms with Crippen LogP contribution in [0.3, 0.4) is 0 Å². The third-order valence-corrected chi connectivity index (χ3v) is 5.09. The van der Waals surface area contributed by atoms with Crippen LogP contribution in [0.15, 0.2) is 70.2 Å². The van der Waals surface area contributed by atoms with Crippen molar-refractivity contribution in [2.75, 3.05) is 0 Å². The smallest absolute Gasteiger partial charge is 0.435 e. The van der Waals surface area contributed by atoms with Crippen molar-refractivity contribution in [3.8, 4) is 16.9 Å². The first-order chi connectivity index (χ1) is 13.1. The van der Waals surface area contributed by atoms with Gasteiger partial charge in [0, 0.05) is 10.9 Å². The fourth-order valence-electron chi connectivity index (χ4n) is 2.83. The lowest BCUT2D eigenvalue weighted by Gasteiger charge is -2.08. The van der Waals surface area contributed by atoms with Gasteiger partial charge in [-0.2, -0.15) is 18.3 Å². The van der Waals surface area contributed by atoms with Crippen molar-refractivity contribution < 1.29 is 26.0 Å². The van der Waals surface area contributed by atoms with Gasteiger partial charge in [0.2, 0.25) is 10.0 Å². The maximum Gasteiger partial charge on any atom is 0.435 e. The van der Waals surface area contributed by atoms with Gasteiger partial charge in [-0.05, 0) is 54.6 Å². The van der Waals surface area contributed by atoms with Crippen LogP contribution < -0.4 is 5.14 Å². The molecule has 6 nitrogen and oxygen atoms in total. The van der Waals surface area contributed by atoms with E-state index >= 15 is 0 Å². The molecule has 0 spiro atoms. The lowest BCUT2D eigenvalue weighted by Crippen LogP contribution is -2.12. The first-order valence-corrected chi connectivity index (χ1v) is 9.46. The van der Waals surface area contributed by atoms with Crippen molar-refractivity contribution in [2.45, 2.75) is 11.1 Å². The normalized spacial score (nSPS) is 12.6. The van der Waals surface area contributed by atoms with Crippen molar-refractivity contribution in [3.63, 3.8) is 0 Å². The van der Waals surface area contributed by atoms with Gasteiger partial charge in [-0.15, -0.1) is 0 Å². The number of nitrogens with zero attached hydrogens (tertiary/aromatic N) is 2. The highest BCUT2D eigenvalue weighted by Gasteiger charge is 2.35. The Balaban J connectivity index is 1.89. The maximum atomic E-state index is 13.2. The highest BCUT2D eigenvalue weighted by Crippen LogP contribution is 2.34. The number of rotatable bonds is 3. The molecule has 0 radical (unpaired) electrons. The van der Waals surface area contributed by atoms with Crippen LogP contribution in [-0.2, 0) is 16.2 Å². The number of nitrogens with two attached hydrogens (primary N) is 1. The van der Waals surface area contributed by atoms with Crippen molar-refractivity contribution in [3.05, 3.63) is 66.6 Å². The third-order valence-electron chi connectivity index (χ3n) is 4.16. The molecule has 2 heterocycles.